The van der Waals surface area contributed by atoms with E-state index in [0.717, 1.165) is 6.07 Å². The highest BCUT2D eigenvalue weighted by atomic mass is 32.2. The summed E-state index contributed by atoms with van der Waals surface area (Å²) in [6, 6.07) is 3.82. The van der Waals surface area contributed by atoms with Crippen molar-refractivity contribution in [3.63, 3.8) is 0 Å². The molecule has 4 N–H and O–H groups in total. The Bertz CT molecular complexity index is 584. The highest BCUT2D eigenvalue weighted by Gasteiger charge is 2.20. The first kappa shape index (κ1) is 16.4. The number of rotatable bonds is 7. The van der Waals surface area contributed by atoms with Gasteiger partial charge in [-0.15, -0.1) is 0 Å². The maximum Gasteiger partial charge on any atom is 0.335 e. The van der Waals surface area contributed by atoms with Gasteiger partial charge in [0.15, 0.2) is 0 Å². The number of carboxylic acids is 1. The Hall–Kier alpha value is -1.64. The second-order valence-corrected chi connectivity index (χ2v) is 6.17. The number of carbonyl (C=O) groups is 1. The second kappa shape index (κ2) is 6.69. The number of hydrogen-bond donors (Lipinski definition) is 4. The van der Waals surface area contributed by atoms with Crippen LogP contribution >= 0.6 is 0 Å². The van der Waals surface area contributed by atoms with E-state index < -0.39 is 16.0 Å². The lowest BCUT2D eigenvalue weighted by Gasteiger charge is -2.16. The minimum atomic E-state index is -3.89. The molecule has 0 aliphatic rings. The molecule has 1 aromatic carbocycles. The molecule has 0 spiro atoms. The summed E-state index contributed by atoms with van der Waals surface area (Å²) < 4.78 is 26.4. The Morgan fingerprint density at radius 2 is 2.00 bits per heavy atom. The number of carboxylic acid groups (broad SMARTS) is 1. The van der Waals surface area contributed by atoms with Crippen LogP contribution in [0.4, 0.5) is 5.69 Å². The molecular weight excluding hydrogens is 284 g/mol. The molecule has 0 aromatic heterocycles. The molecular formula is C12H18N2O5S. The highest BCUT2D eigenvalue weighted by molar-refractivity contribution is 7.89. The van der Waals surface area contributed by atoms with Gasteiger partial charge in [-0.1, -0.05) is 0 Å². The predicted octanol–water partition coefficient (Wildman–Crippen LogP) is 0.476. The number of aliphatic hydroxyl groups excluding tert-OH is 1. The van der Waals surface area contributed by atoms with Crippen LogP contribution in [0.2, 0.25) is 0 Å². The zero-order valence-electron chi connectivity index (χ0n) is 11.3. The molecule has 0 amide bonds. The summed E-state index contributed by atoms with van der Waals surface area (Å²) >= 11 is 0. The molecule has 20 heavy (non-hydrogen) atoms. The van der Waals surface area contributed by atoms with Crippen LogP contribution in [0.15, 0.2) is 23.1 Å². The number of anilines is 1. The smallest absolute Gasteiger partial charge is 0.335 e. The Morgan fingerprint density at radius 1 is 1.35 bits per heavy atom. The predicted molar refractivity (Wildman–Crippen MR) is 74.4 cm³/mol. The van der Waals surface area contributed by atoms with Crippen molar-refractivity contribution in [2.45, 2.75) is 24.8 Å². The van der Waals surface area contributed by atoms with Gasteiger partial charge in [0.2, 0.25) is 10.0 Å². The highest BCUT2D eigenvalue weighted by Crippen LogP contribution is 2.23. The number of aliphatic hydroxyl groups is 1. The van der Waals surface area contributed by atoms with Gasteiger partial charge >= 0.3 is 5.97 Å². The summed E-state index contributed by atoms with van der Waals surface area (Å²) in [4.78, 5) is 10.8. The Labute approximate surface area is 117 Å². The molecule has 112 valence electrons. The first-order chi connectivity index (χ1) is 9.27. The quantitative estimate of drug-likeness (QED) is 0.582. The van der Waals surface area contributed by atoms with E-state index in [1.54, 1.807) is 0 Å². The van der Waals surface area contributed by atoms with Crippen molar-refractivity contribution in [2.24, 2.45) is 0 Å². The fraction of sp³-hybridized carbons (Fsp3) is 0.417. The van der Waals surface area contributed by atoms with Crippen LogP contribution in [-0.4, -0.2) is 43.8 Å². The fourth-order valence-corrected chi connectivity index (χ4v) is 2.78. The van der Waals surface area contributed by atoms with Crippen LogP contribution in [0.5, 0.6) is 0 Å². The van der Waals surface area contributed by atoms with Gasteiger partial charge in [-0.2, -0.15) is 0 Å². The SMILES string of the molecule is CC(C)Nc1ccc(C(=O)O)cc1S(=O)(=O)NCCO. The third-order valence-corrected chi connectivity index (χ3v) is 3.87. The number of aromatic carboxylic acids is 1. The van der Waals surface area contributed by atoms with Crippen LogP contribution in [0.25, 0.3) is 0 Å². The molecule has 0 heterocycles. The summed E-state index contributed by atoms with van der Waals surface area (Å²) in [5.74, 6) is -1.21. The standard InChI is InChI=1S/C12H18N2O5S/c1-8(2)14-10-4-3-9(12(16)17)7-11(10)20(18,19)13-5-6-15/h3-4,7-8,13-15H,5-6H2,1-2H3,(H,16,17). The lowest BCUT2D eigenvalue weighted by atomic mass is 10.2. The molecule has 0 unspecified atom stereocenters. The molecule has 8 heteroatoms. The molecule has 0 radical (unpaired) electrons. The summed E-state index contributed by atoms with van der Waals surface area (Å²) in [5.41, 5.74) is 0.194. The van der Waals surface area contributed by atoms with Crippen molar-refractivity contribution >= 4 is 21.7 Å². The summed E-state index contributed by atoms with van der Waals surface area (Å²) in [5, 5.41) is 20.6. The molecule has 0 saturated heterocycles. The first-order valence-corrected chi connectivity index (χ1v) is 7.50. The average molecular weight is 302 g/mol. The zero-order valence-corrected chi connectivity index (χ0v) is 12.1. The molecule has 0 atom stereocenters. The lowest BCUT2D eigenvalue weighted by Crippen LogP contribution is -2.28. The fourth-order valence-electron chi connectivity index (χ4n) is 1.57. The normalized spacial score (nSPS) is 11.6. The van der Waals surface area contributed by atoms with E-state index in [0.29, 0.717) is 5.69 Å². The van der Waals surface area contributed by atoms with Gasteiger partial charge < -0.3 is 15.5 Å². The molecule has 0 bridgehead atoms. The van der Waals surface area contributed by atoms with E-state index in [4.69, 9.17) is 10.2 Å². The van der Waals surface area contributed by atoms with E-state index in [1.165, 1.54) is 12.1 Å². The van der Waals surface area contributed by atoms with E-state index in [9.17, 15) is 13.2 Å². The zero-order chi connectivity index (χ0) is 15.3. The van der Waals surface area contributed by atoms with Crippen LogP contribution in [-0.2, 0) is 10.0 Å². The van der Waals surface area contributed by atoms with Crippen molar-refractivity contribution in [3.05, 3.63) is 23.8 Å². The van der Waals surface area contributed by atoms with Crippen molar-refractivity contribution in [3.8, 4) is 0 Å². The first-order valence-electron chi connectivity index (χ1n) is 6.02. The number of sulfonamides is 1. The second-order valence-electron chi connectivity index (χ2n) is 4.44. The van der Waals surface area contributed by atoms with Gasteiger partial charge in [-0.3, -0.25) is 0 Å². The van der Waals surface area contributed by atoms with Gasteiger partial charge in [-0.25, -0.2) is 17.9 Å². The average Bonchev–Trinajstić information content (AvgIpc) is 2.35. The molecule has 0 fully saturated rings. The minimum absolute atomic E-state index is 0.0162. The van der Waals surface area contributed by atoms with Crippen LogP contribution in [0.3, 0.4) is 0 Å². The van der Waals surface area contributed by atoms with Crippen molar-refractivity contribution in [1.29, 1.82) is 0 Å². The lowest BCUT2D eigenvalue weighted by molar-refractivity contribution is 0.0696. The van der Waals surface area contributed by atoms with E-state index in [2.05, 4.69) is 10.0 Å². The largest absolute Gasteiger partial charge is 0.478 e. The number of benzene rings is 1. The van der Waals surface area contributed by atoms with Crippen molar-refractivity contribution in [1.82, 2.24) is 4.72 Å². The van der Waals surface area contributed by atoms with Crippen LogP contribution in [0, 0.1) is 0 Å². The third kappa shape index (κ3) is 4.19. The molecule has 1 rings (SSSR count). The van der Waals surface area contributed by atoms with E-state index >= 15 is 0 Å². The molecule has 0 aliphatic heterocycles. The Kier molecular flexibility index (Phi) is 5.49. The third-order valence-electron chi connectivity index (χ3n) is 2.37. The van der Waals surface area contributed by atoms with Crippen molar-refractivity contribution in [2.75, 3.05) is 18.5 Å². The maximum absolute atomic E-state index is 12.1. The van der Waals surface area contributed by atoms with Gasteiger partial charge in [0, 0.05) is 12.6 Å². The summed E-state index contributed by atoms with van der Waals surface area (Å²) in [6.07, 6.45) is 0. The van der Waals surface area contributed by atoms with Gasteiger partial charge in [-0.05, 0) is 32.0 Å². The Balaban J connectivity index is 3.30. The summed E-state index contributed by atoms with van der Waals surface area (Å²) in [6.45, 7) is 3.19. The molecule has 1 aromatic rings. The number of nitrogens with one attached hydrogen (secondary N) is 2. The van der Waals surface area contributed by atoms with Gasteiger partial charge in [0.05, 0.1) is 17.9 Å². The van der Waals surface area contributed by atoms with E-state index in [1.807, 2.05) is 13.8 Å². The topological polar surface area (TPSA) is 116 Å². The molecule has 0 saturated carbocycles. The number of hydrogen-bond acceptors (Lipinski definition) is 5. The van der Waals surface area contributed by atoms with Gasteiger partial charge in [0.1, 0.15) is 4.90 Å². The van der Waals surface area contributed by atoms with Gasteiger partial charge in [0.25, 0.3) is 0 Å². The summed E-state index contributed by atoms with van der Waals surface area (Å²) in [7, 11) is -3.89. The maximum atomic E-state index is 12.1. The minimum Gasteiger partial charge on any atom is -0.478 e. The van der Waals surface area contributed by atoms with Crippen LogP contribution < -0.4 is 10.0 Å². The monoisotopic (exact) mass is 302 g/mol. The van der Waals surface area contributed by atoms with Crippen molar-refractivity contribution < 1.29 is 23.4 Å². The van der Waals surface area contributed by atoms with Crippen LogP contribution in [0.1, 0.15) is 24.2 Å². The Morgan fingerprint density at radius 3 is 2.50 bits per heavy atom. The van der Waals surface area contributed by atoms with E-state index in [-0.39, 0.29) is 29.7 Å². The molecule has 0 aliphatic carbocycles. The molecule has 7 nitrogen and oxygen atoms in total.